The average molecular weight is 772 g/mol. The first-order valence-electron chi connectivity index (χ1n) is 18.8. The third-order valence-corrected chi connectivity index (χ3v) is 13.8. The van der Waals surface area contributed by atoms with Crippen LogP contribution in [0.4, 0.5) is 0 Å². The van der Waals surface area contributed by atoms with Gasteiger partial charge in [0.1, 0.15) is 0 Å². The van der Waals surface area contributed by atoms with Crippen molar-refractivity contribution >= 4 is 107 Å². The molecule has 0 N–H and O–H groups in total. The fraction of sp³-hybridized carbons (Fsp3) is 0. The molecule has 12 aromatic rings. The zero-order valence-electron chi connectivity index (χ0n) is 30.5. The lowest BCUT2D eigenvalue weighted by atomic mass is 9.95. The molecule has 5 nitrogen and oxygen atoms in total. The van der Waals surface area contributed by atoms with Gasteiger partial charge in [-0.3, -0.25) is 0 Å². The number of hydrogen-bond donors (Lipinski definition) is 0. The second-order valence-electron chi connectivity index (χ2n) is 14.6. The topological polar surface area (TPSA) is 81.2 Å². The number of benzene rings is 8. The Bertz CT molecular complexity index is 3670. The number of hydrogen-bond acceptors (Lipinski definition) is 5. The summed E-state index contributed by atoms with van der Waals surface area (Å²) in [6.45, 7) is 0. The van der Waals surface area contributed by atoms with Gasteiger partial charge in [0.25, 0.3) is 0 Å². The van der Waals surface area contributed by atoms with Crippen LogP contribution in [0.1, 0.15) is 16.7 Å². The van der Waals surface area contributed by atoms with Crippen LogP contribution >= 0.6 is 22.7 Å². The van der Waals surface area contributed by atoms with Gasteiger partial charge >= 0.3 is 0 Å². The fourth-order valence-corrected chi connectivity index (χ4v) is 11.5. The number of para-hydroxylation sites is 2. The lowest BCUT2D eigenvalue weighted by molar-refractivity contribution is 1.14. The maximum atomic E-state index is 11.0. The molecule has 0 aliphatic heterocycles. The fourth-order valence-electron chi connectivity index (χ4n) is 9.26. The van der Waals surface area contributed by atoms with E-state index in [-0.39, 0.29) is 0 Å². The van der Waals surface area contributed by atoms with E-state index >= 15 is 0 Å². The molecule has 0 spiro atoms. The van der Waals surface area contributed by atoms with Crippen LogP contribution in [0.3, 0.4) is 0 Å². The van der Waals surface area contributed by atoms with E-state index in [1.165, 1.54) is 29.6 Å². The van der Waals surface area contributed by atoms with E-state index in [1.807, 2.05) is 24.3 Å². The lowest BCUT2D eigenvalue weighted by Crippen LogP contribution is -2.05. The third kappa shape index (κ3) is 4.42. The zero-order chi connectivity index (χ0) is 38.6. The molecule has 0 amide bonds. The van der Waals surface area contributed by atoms with Crippen molar-refractivity contribution in [2.24, 2.45) is 0 Å². The molecule has 0 aliphatic carbocycles. The van der Waals surface area contributed by atoms with Crippen molar-refractivity contribution in [1.82, 2.24) is 9.13 Å². The van der Waals surface area contributed by atoms with Gasteiger partial charge in [-0.2, -0.15) is 15.8 Å². The summed E-state index contributed by atoms with van der Waals surface area (Å²) in [5.74, 6) is 0. The number of thiophene rings is 2. The summed E-state index contributed by atoms with van der Waals surface area (Å²) in [6.07, 6.45) is 0. The molecular weight excluding hydrogens is 747 g/mol. The van der Waals surface area contributed by atoms with E-state index < -0.39 is 0 Å². The first-order chi connectivity index (χ1) is 28.6. The highest BCUT2D eigenvalue weighted by Crippen LogP contribution is 2.48. The summed E-state index contributed by atoms with van der Waals surface area (Å²) >= 11 is 3.55. The smallest absolute Gasteiger partial charge is 0.0993 e. The molecule has 0 fully saturated rings. The van der Waals surface area contributed by atoms with E-state index in [9.17, 15) is 15.8 Å². The molecule has 0 saturated carbocycles. The molecule has 0 atom stereocenters. The molecule has 0 aliphatic rings. The SMILES string of the molecule is N#Cc1cc(C#N)cc(-c2c(-n3c4ccccc4c4ccc5sc6ccccc6c5c43)cc(C#N)cc2-n2c3ccccc3c3ccc4sc5ccccc5c4c32)c1. The molecule has 4 heterocycles. The maximum Gasteiger partial charge on any atom is 0.0993 e. The van der Waals surface area contributed by atoms with Gasteiger partial charge in [-0.15, -0.1) is 22.7 Å². The van der Waals surface area contributed by atoms with Gasteiger partial charge in [0, 0.05) is 67.5 Å². The van der Waals surface area contributed by atoms with E-state index in [4.69, 9.17) is 0 Å². The zero-order valence-corrected chi connectivity index (χ0v) is 32.1. The van der Waals surface area contributed by atoms with Crippen LogP contribution in [0.15, 0.2) is 152 Å². The molecule has 0 bridgehead atoms. The average Bonchev–Trinajstić information content (AvgIpc) is 4.03. The maximum absolute atomic E-state index is 11.0. The summed E-state index contributed by atoms with van der Waals surface area (Å²) in [5.41, 5.74) is 8.44. The van der Waals surface area contributed by atoms with E-state index in [1.54, 1.807) is 28.7 Å². The highest BCUT2D eigenvalue weighted by Gasteiger charge is 2.26. The van der Waals surface area contributed by atoms with Crippen molar-refractivity contribution in [2.45, 2.75) is 0 Å². The molecule has 266 valence electrons. The Kier molecular flexibility index (Phi) is 6.80. The molecule has 58 heavy (non-hydrogen) atoms. The van der Waals surface area contributed by atoms with Crippen molar-refractivity contribution in [3.8, 4) is 40.7 Å². The minimum atomic E-state index is 0.386. The Morgan fingerprint density at radius 2 is 0.793 bits per heavy atom. The largest absolute Gasteiger partial charge is 0.308 e. The van der Waals surface area contributed by atoms with E-state index in [0.29, 0.717) is 22.3 Å². The van der Waals surface area contributed by atoms with Gasteiger partial charge in [0.05, 0.1) is 68.3 Å². The normalized spacial score (nSPS) is 11.7. The van der Waals surface area contributed by atoms with Crippen LogP contribution in [0.2, 0.25) is 0 Å². The standard InChI is InChI=1S/C51H25N5S2/c52-26-29-21-30(27-53)23-32(22-29)47-41(55-39-13-5-1-9-33(39)35-17-19-45-48(50(35)55)37-11-3-7-15-43(37)57-45)24-31(28-54)25-42(47)56-40-14-6-2-10-34(40)36-18-20-46-49(51(36)56)38-12-4-8-16-44(38)58-46/h1-25H. The summed E-state index contributed by atoms with van der Waals surface area (Å²) < 4.78 is 9.38. The van der Waals surface area contributed by atoms with Crippen molar-refractivity contribution in [1.29, 1.82) is 15.8 Å². The number of rotatable bonds is 3. The molecule has 0 unspecified atom stereocenters. The molecule has 0 radical (unpaired) electrons. The van der Waals surface area contributed by atoms with Crippen LogP contribution in [-0.2, 0) is 0 Å². The van der Waals surface area contributed by atoms with Crippen molar-refractivity contribution in [2.75, 3.05) is 0 Å². The molecule has 0 saturated heterocycles. The Balaban J connectivity index is 1.35. The highest BCUT2D eigenvalue weighted by atomic mass is 32.1. The van der Waals surface area contributed by atoms with E-state index in [2.05, 4.69) is 149 Å². The predicted octanol–water partition coefficient (Wildman–Crippen LogP) is 13.9. The summed E-state index contributed by atoms with van der Waals surface area (Å²) in [7, 11) is 0. The Labute approximate surface area is 338 Å². The number of nitriles is 3. The summed E-state index contributed by atoms with van der Waals surface area (Å²) in [5, 5.41) is 40.7. The minimum absolute atomic E-state index is 0.386. The van der Waals surface area contributed by atoms with Gasteiger partial charge in [0.15, 0.2) is 0 Å². The lowest BCUT2D eigenvalue weighted by Gasteiger charge is -2.21. The first-order valence-corrected chi connectivity index (χ1v) is 20.5. The Morgan fingerprint density at radius 3 is 1.26 bits per heavy atom. The summed E-state index contributed by atoms with van der Waals surface area (Å²) in [6, 6.07) is 59.4. The molecule has 7 heteroatoms. The quantitative estimate of drug-likeness (QED) is 0.179. The molecular formula is C51H25N5S2. The van der Waals surface area contributed by atoms with Crippen LogP contribution in [-0.4, -0.2) is 9.13 Å². The molecule has 12 rings (SSSR count). The van der Waals surface area contributed by atoms with E-state index in [0.717, 1.165) is 71.3 Å². The van der Waals surface area contributed by atoms with Crippen molar-refractivity contribution in [3.05, 3.63) is 168 Å². The van der Waals surface area contributed by atoms with Crippen LogP contribution in [0, 0.1) is 34.0 Å². The predicted molar refractivity (Wildman–Crippen MR) is 240 cm³/mol. The van der Waals surface area contributed by atoms with Crippen LogP contribution in [0.5, 0.6) is 0 Å². The van der Waals surface area contributed by atoms with Gasteiger partial charge in [-0.25, -0.2) is 0 Å². The Hall–Kier alpha value is -7.73. The molecule has 8 aromatic carbocycles. The number of aromatic nitrogens is 2. The summed E-state index contributed by atoms with van der Waals surface area (Å²) in [4.78, 5) is 0. The third-order valence-electron chi connectivity index (χ3n) is 11.5. The van der Waals surface area contributed by atoms with Crippen LogP contribution < -0.4 is 0 Å². The van der Waals surface area contributed by atoms with Gasteiger partial charge < -0.3 is 9.13 Å². The van der Waals surface area contributed by atoms with Crippen molar-refractivity contribution < 1.29 is 0 Å². The van der Waals surface area contributed by atoms with Gasteiger partial charge in [0.2, 0.25) is 0 Å². The number of fused-ring (bicyclic) bond motifs is 14. The second-order valence-corrected chi connectivity index (χ2v) is 16.8. The minimum Gasteiger partial charge on any atom is -0.308 e. The molecule has 4 aromatic heterocycles. The first kappa shape index (κ1) is 32.5. The highest BCUT2D eigenvalue weighted by molar-refractivity contribution is 7.26. The van der Waals surface area contributed by atoms with Crippen LogP contribution in [0.25, 0.3) is 106 Å². The second kappa shape index (κ2) is 12.1. The Morgan fingerprint density at radius 1 is 0.379 bits per heavy atom. The number of nitrogens with zero attached hydrogens (tertiary/aromatic N) is 5. The van der Waals surface area contributed by atoms with Crippen molar-refractivity contribution in [3.63, 3.8) is 0 Å². The monoisotopic (exact) mass is 771 g/mol. The van der Waals surface area contributed by atoms with Gasteiger partial charge in [-0.05, 0) is 72.3 Å². The van der Waals surface area contributed by atoms with Gasteiger partial charge in [-0.1, -0.05) is 84.9 Å².